The van der Waals surface area contributed by atoms with Crippen LogP contribution in [0.2, 0.25) is 0 Å². The quantitative estimate of drug-likeness (QED) is 0.631. The highest BCUT2D eigenvalue weighted by Crippen LogP contribution is 2.27. The Bertz CT molecular complexity index is 373. The van der Waals surface area contributed by atoms with Gasteiger partial charge in [-0.1, -0.05) is 13.8 Å². The molecule has 0 bridgehead atoms. The van der Waals surface area contributed by atoms with E-state index in [0.717, 1.165) is 6.42 Å². The maximum atomic E-state index is 11.6. The fourth-order valence-corrected chi connectivity index (χ4v) is 1.36. The molecule has 0 aliphatic rings. The highest BCUT2D eigenvalue weighted by Gasteiger charge is 2.14. The van der Waals surface area contributed by atoms with Gasteiger partial charge in [-0.15, -0.1) is 0 Å². The predicted octanol–water partition coefficient (Wildman–Crippen LogP) is 2.96. The van der Waals surface area contributed by atoms with Crippen LogP contribution in [0.1, 0.15) is 31.4 Å². The fraction of sp³-hybridized carbons (Fsp3) is 0.462. The molecule has 88 valence electrons. The molecule has 1 unspecified atom stereocenters. The first-order valence-electron chi connectivity index (χ1n) is 5.47. The maximum Gasteiger partial charge on any atom is 0.314 e. The van der Waals surface area contributed by atoms with E-state index in [1.165, 1.54) is 0 Å². The number of rotatable bonds is 3. The summed E-state index contributed by atoms with van der Waals surface area (Å²) in [4.78, 5) is 11.6. The van der Waals surface area contributed by atoms with E-state index in [1.807, 2.05) is 13.8 Å². The summed E-state index contributed by atoms with van der Waals surface area (Å²) >= 11 is 0. The van der Waals surface area contributed by atoms with Gasteiger partial charge in [0.1, 0.15) is 11.5 Å². The minimum absolute atomic E-state index is 0.102. The highest BCUT2D eigenvalue weighted by molar-refractivity contribution is 5.74. The topological polar surface area (TPSA) is 46.5 Å². The minimum Gasteiger partial charge on any atom is -0.507 e. The van der Waals surface area contributed by atoms with Gasteiger partial charge in [-0.3, -0.25) is 4.79 Å². The number of esters is 1. The van der Waals surface area contributed by atoms with E-state index in [9.17, 15) is 9.90 Å². The molecule has 0 spiro atoms. The van der Waals surface area contributed by atoms with Crippen LogP contribution in [0.3, 0.4) is 0 Å². The van der Waals surface area contributed by atoms with Crippen molar-refractivity contribution in [3.8, 4) is 11.5 Å². The second kappa shape index (κ2) is 5.01. The lowest BCUT2D eigenvalue weighted by Gasteiger charge is -2.11. The van der Waals surface area contributed by atoms with E-state index in [1.54, 1.807) is 26.0 Å². The molecule has 1 aromatic carbocycles. The van der Waals surface area contributed by atoms with E-state index in [2.05, 4.69) is 0 Å². The van der Waals surface area contributed by atoms with Gasteiger partial charge in [0.05, 0.1) is 5.92 Å². The number of aromatic hydroxyl groups is 1. The third kappa shape index (κ3) is 2.75. The molecule has 1 atom stereocenters. The molecule has 1 rings (SSSR count). The lowest BCUT2D eigenvalue weighted by molar-refractivity contribution is -0.138. The standard InChI is InChI=1S/C13H18O3/c1-5-8(2)13(15)16-11-6-9(3)12(14)10(4)7-11/h6-8,14H,5H2,1-4H3. The molecule has 0 heterocycles. The average Bonchev–Trinajstić information content (AvgIpc) is 2.24. The zero-order chi connectivity index (χ0) is 12.3. The molecule has 3 nitrogen and oxygen atoms in total. The second-order valence-electron chi connectivity index (χ2n) is 4.14. The van der Waals surface area contributed by atoms with Crippen LogP contribution < -0.4 is 4.74 Å². The van der Waals surface area contributed by atoms with Crippen LogP contribution in [-0.2, 0) is 4.79 Å². The number of hydrogen-bond acceptors (Lipinski definition) is 3. The third-order valence-electron chi connectivity index (χ3n) is 2.70. The van der Waals surface area contributed by atoms with Gasteiger partial charge in [0.25, 0.3) is 0 Å². The number of phenolic OH excluding ortho intramolecular Hbond substituents is 1. The summed E-state index contributed by atoms with van der Waals surface area (Å²) in [5, 5.41) is 9.58. The molecule has 0 fully saturated rings. The summed E-state index contributed by atoms with van der Waals surface area (Å²) in [7, 11) is 0. The van der Waals surface area contributed by atoms with Crippen LogP contribution in [0.4, 0.5) is 0 Å². The largest absolute Gasteiger partial charge is 0.507 e. The van der Waals surface area contributed by atoms with E-state index in [0.29, 0.717) is 16.9 Å². The molecule has 0 amide bonds. The first-order chi connectivity index (χ1) is 7.45. The van der Waals surface area contributed by atoms with Crippen molar-refractivity contribution in [2.75, 3.05) is 0 Å². The van der Waals surface area contributed by atoms with E-state index in [4.69, 9.17) is 4.74 Å². The molecule has 16 heavy (non-hydrogen) atoms. The van der Waals surface area contributed by atoms with Crippen LogP contribution in [-0.4, -0.2) is 11.1 Å². The van der Waals surface area contributed by atoms with Crippen molar-refractivity contribution in [3.63, 3.8) is 0 Å². The van der Waals surface area contributed by atoms with Gasteiger partial charge in [0.15, 0.2) is 0 Å². The zero-order valence-corrected chi connectivity index (χ0v) is 10.2. The molecule has 0 aromatic heterocycles. The van der Waals surface area contributed by atoms with E-state index in [-0.39, 0.29) is 17.6 Å². The monoisotopic (exact) mass is 222 g/mol. The Morgan fingerprint density at radius 3 is 2.31 bits per heavy atom. The number of carbonyl (C=O) groups excluding carboxylic acids is 1. The molecular weight excluding hydrogens is 204 g/mol. The predicted molar refractivity (Wildman–Crippen MR) is 62.7 cm³/mol. The lowest BCUT2D eigenvalue weighted by atomic mass is 10.1. The number of carbonyl (C=O) groups is 1. The van der Waals surface area contributed by atoms with Crippen molar-refractivity contribution in [3.05, 3.63) is 23.3 Å². The van der Waals surface area contributed by atoms with Crippen LogP contribution in [0.25, 0.3) is 0 Å². The summed E-state index contributed by atoms with van der Waals surface area (Å²) in [6.07, 6.45) is 0.759. The van der Waals surface area contributed by atoms with Gasteiger partial charge >= 0.3 is 5.97 Å². The number of ether oxygens (including phenoxy) is 1. The molecule has 0 saturated heterocycles. The Morgan fingerprint density at radius 1 is 1.38 bits per heavy atom. The Kier molecular flexibility index (Phi) is 3.93. The first kappa shape index (κ1) is 12.6. The van der Waals surface area contributed by atoms with E-state index >= 15 is 0 Å². The second-order valence-corrected chi connectivity index (χ2v) is 4.14. The molecule has 1 aromatic rings. The number of benzene rings is 1. The van der Waals surface area contributed by atoms with Gasteiger partial charge in [0.2, 0.25) is 0 Å². The molecule has 0 radical (unpaired) electrons. The SMILES string of the molecule is CCC(C)C(=O)Oc1cc(C)c(O)c(C)c1. The molecule has 0 aliphatic carbocycles. The first-order valence-corrected chi connectivity index (χ1v) is 5.47. The molecular formula is C13H18O3. The number of hydrogen-bond donors (Lipinski definition) is 1. The van der Waals surface area contributed by atoms with Gasteiger partial charge in [-0.2, -0.15) is 0 Å². The molecule has 0 saturated carbocycles. The van der Waals surface area contributed by atoms with Crippen LogP contribution in [0.5, 0.6) is 11.5 Å². The van der Waals surface area contributed by atoms with Gasteiger partial charge in [0, 0.05) is 0 Å². The molecule has 3 heteroatoms. The van der Waals surface area contributed by atoms with Crippen molar-refractivity contribution in [1.29, 1.82) is 0 Å². The third-order valence-corrected chi connectivity index (χ3v) is 2.70. The van der Waals surface area contributed by atoms with Gasteiger partial charge < -0.3 is 9.84 Å². The average molecular weight is 222 g/mol. The minimum atomic E-state index is -0.230. The Labute approximate surface area is 96.1 Å². The summed E-state index contributed by atoms with van der Waals surface area (Å²) < 4.78 is 5.23. The highest BCUT2D eigenvalue weighted by atomic mass is 16.5. The van der Waals surface area contributed by atoms with Crippen molar-refractivity contribution in [2.45, 2.75) is 34.1 Å². The summed E-state index contributed by atoms with van der Waals surface area (Å²) in [5.74, 6) is 0.419. The smallest absolute Gasteiger partial charge is 0.314 e. The lowest BCUT2D eigenvalue weighted by Crippen LogP contribution is -2.17. The Morgan fingerprint density at radius 2 is 1.88 bits per heavy atom. The maximum absolute atomic E-state index is 11.6. The zero-order valence-electron chi connectivity index (χ0n) is 10.2. The summed E-state index contributed by atoms with van der Waals surface area (Å²) in [6.45, 7) is 7.34. The Balaban J connectivity index is 2.87. The van der Waals surface area contributed by atoms with Gasteiger partial charge in [-0.05, 0) is 43.5 Å². The van der Waals surface area contributed by atoms with Crippen LogP contribution >= 0.6 is 0 Å². The molecule has 0 aliphatic heterocycles. The van der Waals surface area contributed by atoms with Crippen molar-refractivity contribution in [1.82, 2.24) is 0 Å². The summed E-state index contributed by atoms with van der Waals surface area (Å²) in [6, 6.07) is 3.34. The van der Waals surface area contributed by atoms with Crippen molar-refractivity contribution in [2.24, 2.45) is 5.92 Å². The number of phenols is 1. The van der Waals surface area contributed by atoms with Crippen molar-refractivity contribution < 1.29 is 14.6 Å². The van der Waals surface area contributed by atoms with Crippen molar-refractivity contribution >= 4 is 5.97 Å². The van der Waals surface area contributed by atoms with Gasteiger partial charge in [-0.25, -0.2) is 0 Å². The normalized spacial score (nSPS) is 12.2. The summed E-state index contributed by atoms with van der Waals surface area (Å²) in [5.41, 5.74) is 1.43. The number of aryl methyl sites for hydroxylation is 2. The fourth-order valence-electron chi connectivity index (χ4n) is 1.36. The Hall–Kier alpha value is -1.51. The van der Waals surface area contributed by atoms with E-state index < -0.39 is 0 Å². The molecule has 1 N–H and O–H groups in total. The van der Waals surface area contributed by atoms with Crippen LogP contribution in [0.15, 0.2) is 12.1 Å². The van der Waals surface area contributed by atoms with Crippen LogP contribution in [0, 0.1) is 19.8 Å².